The summed E-state index contributed by atoms with van der Waals surface area (Å²) >= 11 is 0. The van der Waals surface area contributed by atoms with Gasteiger partial charge in [-0.3, -0.25) is 14.4 Å². The molecule has 0 aliphatic rings. The first-order valence-corrected chi connectivity index (χ1v) is 4.04. The molecule has 0 aliphatic heterocycles. The molecule has 0 fully saturated rings. The molecule has 0 rings (SSSR count). The minimum Gasteiger partial charge on any atom is -0.481 e. The lowest BCUT2D eigenvalue weighted by Gasteiger charge is -2.14. The molecule has 14 heavy (non-hydrogen) atoms. The van der Waals surface area contributed by atoms with Gasteiger partial charge in [0.2, 0.25) is 0 Å². The normalized spacial score (nSPS) is 12.2. The molecular weight excluding hydrogens is 192 g/mol. The lowest BCUT2D eigenvalue weighted by molar-refractivity contribution is -0.165. The van der Waals surface area contributed by atoms with Crippen molar-refractivity contribution in [3.8, 4) is 0 Å². The van der Waals surface area contributed by atoms with Gasteiger partial charge in [-0.05, 0) is 6.92 Å². The van der Waals surface area contributed by atoms with Crippen molar-refractivity contribution in [2.45, 2.75) is 13.8 Å². The SMILES string of the molecule is CCOC(=O)[C@H](C)C(C(=O)O)C(=O)O. The van der Waals surface area contributed by atoms with Crippen LogP contribution in [0.3, 0.4) is 0 Å². The molecule has 1 atom stereocenters. The first kappa shape index (κ1) is 12.4. The summed E-state index contributed by atoms with van der Waals surface area (Å²) in [5, 5.41) is 17.1. The van der Waals surface area contributed by atoms with Gasteiger partial charge in [-0.25, -0.2) is 0 Å². The average molecular weight is 204 g/mol. The summed E-state index contributed by atoms with van der Waals surface area (Å²) in [7, 11) is 0. The Morgan fingerprint density at radius 2 is 1.64 bits per heavy atom. The number of carboxylic acids is 2. The summed E-state index contributed by atoms with van der Waals surface area (Å²) in [6.45, 7) is 2.86. The standard InChI is InChI=1S/C8H12O6/c1-3-14-8(13)4(2)5(6(9)10)7(11)12/h4-5H,3H2,1-2H3,(H,9,10)(H,11,12)/t4-/m1/s1. The van der Waals surface area contributed by atoms with E-state index in [-0.39, 0.29) is 6.61 Å². The number of carbonyl (C=O) groups is 3. The van der Waals surface area contributed by atoms with Crippen molar-refractivity contribution in [3.63, 3.8) is 0 Å². The molecule has 0 bridgehead atoms. The first-order chi connectivity index (χ1) is 6.41. The highest BCUT2D eigenvalue weighted by Gasteiger charge is 2.37. The molecule has 80 valence electrons. The Hall–Kier alpha value is -1.59. The van der Waals surface area contributed by atoms with E-state index in [2.05, 4.69) is 4.74 Å². The Bertz CT molecular complexity index is 232. The van der Waals surface area contributed by atoms with Crippen molar-refractivity contribution in [3.05, 3.63) is 0 Å². The Morgan fingerprint density at radius 1 is 1.21 bits per heavy atom. The Morgan fingerprint density at radius 3 is 1.93 bits per heavy atom. The fourth-order valence-corrected chi connectivity index (χ4v) is 0.943. The minimum atomic E-state index is -1.76. The molecule has 0 aromatic carbocycles. The molecule has 0 aliphatic carbocycles. The van der Waals surface area contributed by atoms with Gasteiger partial charge in [0.05, 0.1) is 12.5 Å². The average Bonchev–Trinajstić information content (AvgIpc) is 2.03. The van der Waals surface area contributed by atoms with E-state index in [1.54, 1.807) is 6.92 Å². The number of carboxylic acid groups (broad SMARTS) is 2. The Labute approximate surface area is 80.5 Å². The van der Waals surface area contributed by atoms with Gasteiger partial charge in [-0.15, -0.1) is 0 Å². The summed E-state index contributed by atoms with van der Waals surface area (Å²) in [5.74, 6) is -6.85. The zero-order chi connectivity index (χ0) is 11.3. The molecular formula is C8H12O6. The van der Waals surface area contributed by atoms with Crippen LogP contribution in [0, 0.1) is 11.8 Å². The van der Waals surface area contributed by atoms with Crippen LogP contribution in [0.25, 0.3) is 0 Å². The van der Waals surface area contributed by atoms with Crippen LogP contribution in [0.2, 0.25) is 0 Å². The van der Waals surface area contributed by atoms with Crippen LogP contribution in [0.4, 0.5) is 0 Å². The van der Waals surface area contributed by atoms with Crippen molar-refractivity contribution in [2.24, 2.45) is 11.8 Å². The molecule has 0 heterocycles. The molecule has 0 saturated heterocycles. The number of carbonyl (C=O) groups excluding carboxylic acids is 1. The lowest BCUT2D eigenvalue weighted by Crippen LogP contribution is -2.35. The highest BCUT2D eigenvalue weighted by Crippen LogP contribution is 2.14. The molecule has 2 N–H and O–H groups in total. The van der Waals surface area contributed by atoms with Gasteiger partial charge in [0.1, 0.15) is 0 Å². The van der Waals surface area contributed by atoms with E-state index in [0.29, 0.717) is 0 Å². The number of aliphatic carboxylic acids is 2. The van der Waals surface area contributed by atoms with E-state index in [0.717, 1.165) is 0 Å². The molecule has 0 spiro atoms. The topological polar surface area (TPSA) is 101 Å². The monoisotopic (exact) mass is 204 g/mol. The fraction of sp³-hybridized carbons (Fsp3) is 0.625. The van der Waals surface area contributed by atoms with Gasteiger partial charge in [-0.1, -0.05) is 6.92 Å². The quantitative estimate of drug-likeness (QED) is 0.481. The first-order valence-electron chi connectivity index (χ1n) is 4.04. The van der Waals surface area contributed by atoms with Crippen molar-refractivity contribution in [1.82, 2.24) is 0 Å². The number of hydrogen-bond acceptors (Lipinski definition) is 4. The van der Waals surface area contributed by atoms with Crippen LogP contribution >= 0.6 is 0 Å². The van der Waals surface area contributed by atoms with Gasteiger partial charge in [0, 0.05) is 0 Å². The third-order valence-corrected chi connectivity index (χ3v) is 1.69. The van der Waals surface area contributed by atoms with Crippen molar-refractivity contribution >= 4 is 17.9 Å². The van der Waals surface area contributed by atoms with E-state index in [1.165, 1.54) is 6.92 Å². The molecule has 0 aromatic rings. The maximum Gasteiger partial charge on any atom is 0.318 e. The second-order valence-corrected chi connectivity index (χ2v) is 2.69. The third-order valence-electron chi connectivity index (χ3n) is 1.69. The number of hydrogen-bond donors (Lipinski definition) is 2. The van der Waals surface area contributed by atoms with E-state index in [1.807, 2.05) is 0 Å². The maximum absolute atomic E-state index is 11.0. The van der Waals surface area contributed by atoms with Crippen molar-refractivity contribution in [1.29, 1.82) is 0 Å². The lowest BCUT2D eigenvalue weighted by atomic mass is 9.94. The van der Waals surface area contributed by atoms with Crippen LogP contribution in [-0.2, 0) is 19.1 Å². The molecule has 6 nitrogen and oxygen atoms in total. The van der Waals surface area contributed by atoms with E-state index < -0.39 is 29.7 Å². The molecule has 6 heteroatoms. The van der Waals surface area contributed by atoms with Crippen LogP contribution < -0.4 is 0 Å². The number of ether oxygens (including phenoxy) is 1. The Balaban J connectivity index is 4.59. The Kier molecular flexibility index (Phi) is 4.62. The van der Waals surface area contributed by atoms with Crippen molar-refractivity contribution in [2.75, 3.05) is 6.61 Å². The summed E-state index contributed by atoms with van der Waals surface area (Å²) in [4.78, 5) is 32.0. The van der Waals surface area contributed by atoms with Crippen LogP contribution in [0.1, 0.15) is 13.8 Å². The van der Waals surface area contributed by atoms with E-state index in [4.69, 9.17) is 10.2 Å². The smallest absolute Gasteiger partial charge is 0.318 e. The van der Waals surface area contributed by atoms with Gasteiger partial charge < -0.3 is 14.9 Å². The predicted molar refractivity (Wildman–Crippen MR) is 44.6 cm³/mol. The van der Waals surface area contributed by atoms with Crippen molar-refractivity contribution < 1.29 is 29.3 Å². The highest BCUT2D eigenvalue weighted by molar-refractivity contribution is 5.97. The maximum atomic E-state index is 11.0. The van der Waals surface area contributed by atoms with Gasteiger partial charge in [0.15, 0.2) is 5.92 Å². The molecule has 0 unspecified atom stereocenters. The fourth-order valence-electron chi connectivity index (χ4n) is 0.943. The van der Waals surface area contributed by atoms with Gasteiger partial charge in [0.25, 0.3) is 0 Å². The van der Waals surface area contributed by atoms with Gasteiger partial charge in [-0.2, -0.15) is 0 Å². The van der Waals surface area contributed by atoms with Crippen LogP contribution in [0.5, 0.6) is 0 Å². The van der Waals surface area contributed by atoms with Crippen LogP contribution in [-0.4, -0.2) is 34.7 Å². The molecule has 0 aromatic heterocycles. The largest absolute Gasteiger partial charge is 0.481 e. The minimum absolute atomic E-state index is 0.0924. The summed E-state index contributed by atoms with van der Waals surface area (Å²) in [6, 6.07) is 0. The van der Waals surface area contributed by atoms with Crippen LogP contribution in [0.15, 0.2) is 0 Å². The van der Waals surface area contributed by atoms with E-state index >= 15 is 0 Å². The summed E-state index contributed by atoms with van der Waals surface area (Å²) in [6.07, 6.45) is 0. The molecule has 0 saturated carbocycles. The summed E-state index contributed by atoms with van der Waals surface area (Å²) in [5.41, 5.74) is 0. The zero-order valence-corrected chi connectivity index (χ0v) is 7.89. The summed E-state index contributed by atoms with van der Waals surface area (Å²) < 4.78 is 4.52. The highest BCUT2D eigenvalue weighted by atomic mass is 16.5. The second kappa shape index (κ2) is 5.21. The van der Waals surface area contributed by atoms with Gasteiger partial charge >= 0.3 is 17.9 Å². The third kappa shape index (κ3) is 3.04. The predicted octanol–water partition coefficient (Wildman–Crippen LogP) is -0.0290. The number of rotatable bonds is 5. The molecule has 0 radical (unpaired) electrons. The van der Waals surface area contributed by atoms with E-state index in [9.17, 15) is 14.4 Å². The second-order valence-electron chi connectivity index (χ2n) is 2.69. The zero-order valence-electron chi connectivity index (χ0n) is 7.89. The number of esters is 1. The molecule has 0 amide bonds.